The van der Waals surface area contributed by atoms with Crippen LogP contribution in [-0.4, -0.2) is 91.8 Å². The number of carbonyl (C=O) groups is 3. The van der Waals surface area contributed by atoms with Gasteiger partial charge in [-0.3, -0.25) is 19.3 Å². The van der Waals surface area contributed by atoms with Crippen LogP contribution in [0.3, 0.4) is 0 Å². The summed E-state index contributed by atoms with van der Waals surface area (Å²) in [4.78, 5) is 47.9. The summed E-state index contributed by atoms with van der Waals surface area (Å²) in [5.74, 6) is -0.639. The van der Waals surface area contributed by atoms with Crippen molar-refractivity contribution in [1.29, 1.82) is 0 Å². The number of fused-ring (bicyclic) bond motifs is 3. The molecule has 4 fully saturated rings. The second-order valence-electron chi connectivity index (χ2n) is 10.7. The number of carbonyl (C=O) groups excluding carboxylic acids is 3. The molecule has 1 spiro atoms. The topological polar surface area (TPSA) is 82.6 Å². The highest BCUT2D eigenvalue weighted by Crippen LogP contribution is 2.40. The van der Waals surface area contributed by atoms with E-state index in [0.717, 1.165) is 63.8 Å². The predicted molar refractivity (Wildman–Crippen MR) is 134 cm³/mol. The van der Waals surface area contributed by atoms with Gasteiger partial charge in [-0.2, -0.15) is 0 Å². The molecule has 1 aromatic carbocycles. The molecule has 1 atom stereocenters. The number of benzene rings is 1. The van der Waals surface area contributed by atoms with Crippen LogP contribution in [-0.2, 0) is 19.1 Å². The summed E-state index contributed by atoms with van der Waals surface area (Å²) < 4.78 is 11.6. The molecule has 36 heavy (non-hydrogen) atoms. The summed E-state index contributed by atoms with van der Waals surface area (Å²) >= 11 is 0. The molecular weight excluding hydrogens is 460 g/mol. The van der Waals surface area contributed by atoms with Crippen LogP contribution in [0.1, 0.15) is 61.7 Å². The van der Waals surface area contributed by atoms with E-state index in [-0.39, 0.29) is 30.3 Å². The molecule has 0 unspecified atom stereocenters. The minimum atomic E-state index is -0.545. The van der Waals surface area contributed by atoms with Crippen LogP contribution in [0.5, 0.6) is 0 Å². The van der Waals surface area contributed by atoms with Gasteiger partial charge in [-0.1, -0.05) is 0 Å². The number of amides is 3. The van der Waals surface area contributed by atoms with Gasteiger partial charge in [-0.15, -0.1) is 0 Å². The number of nitrogens with zero attached hydrogens (tertiary/aromatic N) is 4. The molecule has 1 aromatic rings. The molecule has 194 valence electrons. The molecule has 3 amide bonds. The van der Waals surface area contributed by atoms with Crippen molar-refractivity contribution in [2.75, 3.05) is 62.3 Å². The second kappa shape index (κ2) is 9.67. The van der Waals surface area contributed by atoms with Crippen LogP contribution in [0, 0.1) is 0 Å². The maximum atomic E-state index is 13.7. The Morgan fingerprint density at radius 2 is 1.58 bits per heavy atom. The SMILES string of the molecule is O=C(CN1C(=O)[C@H]2CCCCN2c2ccc(C(=O)N3CCCCC3)cc21)N1CCC2(CC1)OCCO2. The van der Waals surface area contributed by atoms with Crippen LogP contribution < -0.4 is 9.80 Å². The van der Waals surface area contributed by atoms with E-state index in [1.807, 2.05) is 28.0 Å². The fourth-order valence-electron chi connectivity index (χ4n) is 6.45. The number of piperidine rings is 3. The summed E-state index contributed by atoms with van der Waals surface area (Å²) in [5.41, 5.74) is 2.23. The molecule has 9 nitrogen and oxygen atoms in total. The fourth-order valence-corrected chi connectivity index (χ4v) is 6.45. The van der Waals surface area contributed by atoms with Gasteiger partial charge in [0.05, 0.1) is 24.6 Å². The lowest BCUT2D eigenvalue weighted by atomic mass is 9.95. The summed E-state index contributed by atoms with van der Waals surface area (Å²) in [5, 5.41) is 0. The lowest BCUT2D eigenvalue weighted by molar-refractivity contribution is -0.187. The van der Waals surface area contributed by atoms with E-state index in [9.17, 15) is 14.4 Å². The van der Waals surface area contributed by atoms with Gasteiger partial charge in [0, 0.05) is 51.1 Å². The van der Waals surface area contributed by atoms with Gasteiger partial charge in [-0.25, -0.2) is 0 Å². The van der Waals surface area contributed by atoms with E-state index >= 15 is 0 Å². The predicted octanol–water partition coefficient (Wildman–Crippen LogP) is 2.38. The van der Waals surface area contributed by atoms with Gasteiger partial charge in [0.2, 0.25) is 11.8 Å². The van der Waals surface area contributed by atoms with Gasteiger partial charge in [0.25, 0.3) is 5.91 Å². The number of ether oxygens (including phenoxy) is 2. The standard InChI is InChI=1S/C27H36N4O5/c32-24(28-14-9-27(10-15-28)35-16-17-36-27)19-31-23-18-20(25(33)29-11-3-1-4-12-29)7-8-21(23)30-13-5-2-6-22(30)26(31)34/h7-8,18,22H,1-6,9-17,19H2/t22-/m1/s1. The van der Waals surface area contributed by atoms with Crippen LogP contribution in [0.15, 0.2) is 18.2 Å². The Hall–Kier alpha value is -2.65. The van der Waals surface area contributed by atoms with Crippen molar-refractivity contribution < 1.29 is 23.9 Å². The van der Waals surface area contributed by atoms with Crippen molar-refractivity contribution in [3.05, 3.63) is 23.8 Å². The highest BCUT2D eigenvalue weighted by Gasteiger charge is 2.43. The highest BCUT2D eigenvalue weighted by molar-refractivity contribution is 6.09. The van der Waals surface area contributed by atoms with E-state index in [2.05, 4.69) is 4.90 Å². The Morgan fingerprint density at radius 3 is 2.33 bits per heavy atom. The third-order valence-corrected chi connectivity index (χ3v) is 8.50. The lowest BCUT2D eigenvalue weighted by Crippen LogP contribution is -2.58. The first kappa shape index (κ1) is 23.7. The van der Waals surface area contributed by atoms with Gasteiger partial charge in [0.15, 0.2) is 5.79 Å². The molecular formula is C27H36N4O5. The van der Waals surface area contributed by atoms with E-state index < -0.39 is 5.79 Å². The Balaban J connectivity index is 1.25. The number of rotatable bonds is 3. The first-order chi connectivity index (χ1) is 17.5. The molecule has 0 radical (unpaired) electrons. The first-order valence-electron chi connectivity index (χ1n) is 13.6. The zero-order valence-corrected chi connectivity index (χ0v) is 21.0. The molecule has 5 aliphatic rings. The molecule has 0 aromatic heterocycles. The normalized spacial score (nSPS) is 25.7. The first-order valence-corrected chi connectivity index (χ1v) is 13.6. The van der Waals surface area contributed by atoms with Crippen molar-refractivity contribution in [3.8, 4) is 0 Å². The van der Waals surface area contributed by atoms with Crippen LogP contribution in [0.2, 0.25) is 0 Å². The van der Waals surface area contributed by atoms with Crippen LogP contribution in [0.25, 0.3) is 0 Å². The smallest absolute Gasteiger partial charge is 0.253 e. The quantitative estimate of drug-likeness (QED) is 0.639. The number of hydrogen-bond donors (Lipinski definition) is 0. The molecule has 0 N–H and O–H groups in total. The minimum Gasteiger partial charge on any atom is -0.358 e. The van der Waals surface area contributed by atoms with E-state index in [0.29, 0.717) is 50.4 Å². The molecule has 9 heteroatoms. The number of likely N-dealkylation sites (tertiary alicyclic amines) is 2. The average molecular weight is 497 g/mol. The van der Waals surface area contributed by atoms with Gasteiger partial charge >= 0.3 is 0 Å². The third kappa shape index (κ3) is 4.26. The van der Waals surface area contributed by atoms with E-state index in [4.69, 9.17) is 9.47 Å². The largest absolute Gasteiger partial charge is 0.358 e. The summed E-state index contributed by atoms with van der Waals surface area (Å²) in [7, 11) is 0. The fraction of sp³-hybridized carbons (Fsp3) is 0.667. The van der Waals surface area contributed by atoms with E-state index in [1.165, 1.54) is 0 Å². The Labute approximate surface area is 212 Å². The molecule has 5 aliphatic heterocycles. The minimum absolute atomic E-state index is 0.00769. The summed E-state index contributed by atoms with van der Waals surface area (Å²) in [6.07, 6.45) is 7.34. The molecule has 0 saturated carbocycles. The number of hydrogen-bond acceptors (Lipinski definition) is 6. The molecule has 0 aliphatic carbocycles. The maximum absolute atomic E-state index is 13.7. The van der Waals surface area contributed by atoms with Crippen LogP contribution in [0.4, 0.5) is 11.4 Å². The summed E-state index contributed by atoms with van der Waals surface area (Å²) in [6, 6.07) is 5.47. The maximum Gasteiger partial charge on any atom is 0.253 e. The van der Waals surface area contributed by atoms with Crippen molar-refractivity contribution in [2.24, 2.45) is 0 Å². The zero-order chi connectivity index (χ0) is 24.7. The van der Waals surface area contributed by atoms with Gasteiger partial charge < -0.3 is 24.2 Å². The van der Waals surface area contributed by atoms with E-state index in [1.54, 1.807) is 4.90 Å². The van der Waals surface area contributed by atoms with Gasteiger partial charge in [0.1, 0.15) is 12.6 Å². The Kier molecular flexibility index (Phi) is 6.37. The number of anilines is 2. The Bertz CT molecular complexity index is 1020. The van der Waals surface area contributed by atoms with Crippen molar-refractivity contribution in [3.63, 3.8) is 0 Å². The average Bonchev–Trinajstić information content (AvgIpc) is 3.38. The van der Waals surface area contributed by atoms with Crippen molar-refractivity contribution >= 4 is 29.1 Å². The zero-order valence-electron chi connectivity index (χ0n) is 21.0. The third-order valence-electron chi connectivity index (χ3n) is 8.50. The molecule has 6 rings (SSSR count). The van der Waals surface area contributed by atoms with Gasteiger partial charge in [-0.05, 0) is 56.7 Å². The molecule has 0 bridgehead atoms. The van der Waals surface area contributed by atoms with Crippen molar-refractivity contribution in [1.82, 2.24) is 9.80 Å². The highest BCUT2D eigenvalue weighted by atomic mass is 16.7. The summed E-state index contributed by atoms with van der Waals surface area (Å²) in [6.45, 7) is 4.66. The molecule has 4 saturated heterocycles. The second-order valence-corrected chi connectivity index (χ2v) is 10.7. The molecule has 5 heterocycles. The Morgan fingerprint density at radius 1 is 0.861 bits per heavy atom. The van der Waals surface area contributed by atoms with Crippen molar-refractivity contribution in [2.45, 2.75) is 63.2 Å². The van der Waals surface area contributed by atoms with Crippen LogP contribution >= 0.6 is 0 Å². The monoisotopic (exact) mass is 496 g/mol. The lowest BCUT2D eigenvalue weighted by Gasteiger charge is -2.46.